The van der Waals surface area contributed by atoms with Crippen LogP contribution < -0.4 is 10.6 Å². The Morgan fingerprint density at radius 3 is 2.24 bits per heavy atom. The van der Waals surface area contributed by atoms with Gasteiger partial charge in [-0.2, -0.15) is 0 Å². The molecule has 2 nitrogen and oxygen atoms in total. The fraction of sp³-hybridized carbons (Fsp3) is 1.00. The summed E-state index contributed by atoms with van der Waals surface area (Å²) in [7, 11) is 0. The Hall–Kier alpha value is -0.0800. The highest BCUT2D eigenvalue weighted by atomic mass is 15.0. The predicted molar refractivity (Wildman–Crippen MR) is 109 cm³/mol. The van der Waals surface area contributed by atoms with Gasteiger partial charge in [0, 0.05) is 19.1 Å². The fourth-order valence-electron chi connectivity index (χ4n) is 6.48. The van der Waals surface area contributed by atoms with E-state index in [0.29, 0.717) is 16.9 Å². The molecule has 4 fully saturated rings. The van der Waals surface area contributed by atoms with Crippen molar-refractivity contribution < 1.29 is 0 Å². The summed E-state index contributed by atoms with van der Waals surface area (Å²) in [5.74, 6) is 5.30. The normalized spacial score (nSPS) is 45.0. The molecular weight excluding hydrogens is 304 g/mol. The fourth-order valence-corrected chi connectivity index (χ4v) is 6.48. The van der Waals surface area contributed by atoms with Crippen molar-refractivity contribution in [2.75, 3.05) is 19.6 Å². The second-order valence-corrected chi connectivity index (χ2v) is 11.1. The van der Waals surface area contributed by atoms with Gasteiger partial charge in [0.15, 0.2) is 0 Å². The summed E-state index contributed by atoms with van der Waals surface area (Å²) < 4.78 is 0. The first-order valence-electron chi connectivity index (χ1n) is 11.1. The van der Waals surface area contributed by atoms with Crippen LogP contribution in [-0.2, 0) is 0 Å². The first-order chi connectivity index (χ1) is 11.7. The predicted octanol–water partition coefficient (Wildman–Crippen LogP) is 4.94. The summed E-state index contributed by atoms with van der Waals surface area (Å²) in [6.45, 7) is 20.8. The molecule has 146 valence electrons. The maximum absolute atomic E-state index is 3.88. The van der Waals surface area contributed by atoms with Gasteiger partial charge in [0.1, 0.15) is 0 Å². The van der Waals surface area contributed by atoms with Gasteiger partial charge in [-0.25, -0.2) is 0 Å². The smallest absolute Gasteiger partial charge is 0.00987 e. The van der Waals surface area contributed by atoms with Crippen LogP contribution in [0.25, 0.3) is 0 Å². The minimum atomic E-state index is 0.476. The number of hydrogen-bond acceptors (Lipinski definition) is 2. The van der Waals surface area contributed by atoms with Crippen LogP contribution in [-0.4, -0.2) is 25.7 Å². The first kappa shape index (κ1) is 19.7. The average Bonchev–Trinajstić information content (AvgIpc) is 2.57. The van der Waals surface area contributed by atoms with E-state index in [2.05, 4.69) is 59.1 Å². The Morgan fingerprint density at radius 1 is 0.880 bits per heavy atom. The van der Waals surface area contributed by atoms with E-state index in [-0.39, 0.29) is 0 Å². The highest BCUT2D eigenvalue weighted by Crippen LogP contribution is 2.61. The molecule has 0 heterocycles. The summed E-state index contributed by atoms with van der Waals surface area (Å²) >= 11 is 0. The number of rotatable bonds is 6. The van der Waals surface area contributed by atoms with Crippen LogP contribution >= 0.6 is 0 Å². The molecule has 25 heavy (non-hydrogen) atoms. The van der Waals surface area contributed by atoms with Crippen molar-refractivity contribution in [3.8, 4) is 0 Å². The second kappa shape index (κ2) is 7.15. The molecule has 0 radical (unpaired) electrons. The Balaban J connectivity index is 1.36. The maximum atomic E-state index is 3.88. The zero-order valence-electron chi connectivity index (χ0n) is 18.0. The van der Waals surface area contributed by atoms with Crippen LogP contribution in [0.2, 0.25) is 0 Å². The third kappa shape index (κ3) is 3.55. The highest BCUT2D eigenvalue weighted by Gasteiger charge is 2.53. The second-order valence-electron chi connectivity index (χ2n) is 11.1. The van der Waals surface area contributed by atoms with Crippen molar-refractivity contribution >= 4 is 0 Å². The number of fused-ring (bicyclic) bond motifs is 2. The summed E-state index contributed by atoms with van der Waals surface area (Å²) in [4.78, 5) is 0. The first-order valence-corrected chi connectivity index (χ1v) is 11.1. The summed E-state index contributed by atoms with van der Waals surface area (Å²) in [6, 6.07) is 0.695. The highest BCUT2D eigenvalue weighted by molar-refractivity contribution is 5.03. The van der Waals surface area contributed by atoms with Gasteiger partial charge in [-0.15, -0.1) is 0 Å². The summed E-state index contributed by atoms with van der Waals surface area (Å²) in [6.07, 6.45) is 5.77. The standard InChI is InChI=1S/C23H44N2/c1-15-12-21(16(2)17(3)22(15,4)5)25-11-10-24-14-18-8-9-19-13-20(18)23(19,6)7/h15-21,24-25H,8-14H2,1-7H3/t15?,16-,17-,18+,19?,20?,21-/m1/s1. The van der Waals surface area contributed by atoms with Crippen LogP contribution in [0.1, 0.15) is 74.1 Å². The maximum Gasteiger partial charge on any atom is 0.00987 e. The molecular formula is C23H44N2. The summed E-state index contributed by atoms with van der Waals surface area (Å²) in [5.41, 5.74) is 1.10. The van der Waals surface area contributed by atoms with Crippen molar-refractivity contribution in [2.24, 2.45) is 46.3 Å². The van der Waals surface area contributed by atoms with Crippen LogP contribution in [0.4, 0.5) is 0 Å². The molecule has 4 rings (SSSR count). The monoisotopic (exact) mass is 348 g/mol. The van der Waals surface area contributed by atoms with Gasteiger partial charge < -0.3 is 10.6 Å². The molecule has 7 atom stereocenters. The van der Waals surface area contributed by atoms with E-state index in [1.165, 1.54) is 32.2 Å². The van der Waals surface area contributed by atoms with Gasteiger partial charge in [-0.1, -0.05) is 48.5 Å². The Kier molecular flexibility index (Phi) is 5.63. The van der Waals surface area contributed by atoms with Crippen molar-refractivity contribution in [3.05, 3.63) is 0 Å². The Labute approximate surface area is 157 Å². The van der Waals surface area contributed by atoms with Gasteiger partial charge in [-0.3, -0.25) is 0 Å². The van der Waals surface area contributed by atoms with Gasteiger partial charge in [0.25, 0.3) is 0 Å². The van der Waals surface area contributed by atoms with Crippen LogP contribution in [0.3, 0.4) is 0 Å². The lowest BCUT2D eigenvalue weighted by atomic mass is 9.45. The quantitative estimate of drug-likeness (QED) is 0.664. The third-order valence-corrected chi connectivity index (χ3v) is 9.59. The van der Waals surface area contributed by atoms with Crippen molar-refractivity contribution in [1.29, 1.82) is 0 Å². The van der Waals surface area contributed by atoms with Gasteiger partial charge in [0.2, 0.25) is 0 Å². The molecule has 4 saturated carbocycles. The molecule has 0 amide bonds. The third-order valence-electron chi connectivity index (χ3n) is 9.59. The van der Waals surface area contributed by atoms with E-state index < -0.39 is 0 Å². The zero-order valence-corrected chi connectivity index (χ0v) is 18.0. The average molecular weight is 349 g/mol. The number of nitrogens with one attached hydrogen (secondary N) is 2. The Bertz CT molecular complexity index is 453. The molecule has 2 bridgehead atoms. The minimum Gasteiger partial charge on any atom is -0.315 e. The molecule has 2 heteroatoms. The lowest BCUT2D eigenvalue weighted by Crippen LogP contribution is -2.54. The van der Waals surface area contributed by atoms with E-state index in [9.17, 15) is 0 Å². The van der Waals surface area contributed by atoms with E-state index in [1.807, 2.05) is 0 Å². The van der Waals surface area contributed by atoms with E-state index in [0.717, 1.165) is 48.6 Å². The molecule has 0 aromatic carbocycles. The lowest BCUT2D eigenvalue weighted by Gasteiger charge is -2.60. The zero-order chi connectivity index (χ0) is 18.4. The molecule has 0 spiro atoms. The molecule has 0 saturated heterocycles. The van der Waals surface area contributed by atoms with Crippen LogP contribution in [0.5, 0.6) is 0 Å². The largest absolute Gasteiger partial charge is 0.315 e. The molecule has 0 aliphatic heterocycles. The van der Waals surface area contributed by atoms with Crippen molar-refractivity contribution in [2.45, 2.75) is 80.2 Å². The van der Waals surface area contributed by atoms with Crippen molar-refractivity contribution in [3.63, 3.8) is 0 Å². The van der Waals surface area contributed by atoms with Gasteiger partial charge in [0.05, 0.1) is 0 Å². The van der Waals surface area contributed by atoms with Crippen LogP contribution in [0.15, 0.2) is 0 Å². The SMILES string of the molecule is CC1C[C@@H](NCCNC[C@@H]2CCC3CC2C3(C)C)[C@H](C)[C@@H](C)C1(C)C. The molecule has 4 aliphatic carbocycles. The minimum absolute atomic E-state index is 0.476. The van der Waals surface area contributed by atoms with Gasteiger partial charge >= 0.3 is 0 Å². The Morgan fingerprint density at radius 2 is 1.60 bits per heavy atom. The molecule has 4 aliphatic rings. The van der Waals surface area contributed by atoms with Crippen LogP contribution in [0, 0.1) is 46.3 Å². The summed E-state index contributed by atoms with van der Waals surface area (Å²) in [5, 5.41) is 7.66. The van der Waals surface area contributed by atoms with E-state index in [4.69, 9.17) is 0 Å². The van der Waals surface area contributed by atoms with E-state index >= 15 is 0 Å². The molecule has 2 N–H and O–H groups in total. The van der Waals surface area contributed by atoms with E-state index in [1.54, 1.807) is 0 Å². The number of hydrogen-bond donors (Lipinski definition) is 2. The molecule has 0 aromatic heterocycles. The van der Waals surface area contributed by atoms with Gasteiger partial charge in [-0.05, 0) is 78.6 Å². The molecule has 3 unspecified atom stereocenters. The van der Waals surface area contributed by atoms with Crippen molar-refractivity contribution in [1.82, 2.24) is 10.6 Å². The topological polar surface area (TPSA) is 24.1 Å². The molecule has 0 aromatic rings. The lowest BCUT2D eigenvalue weighted by molar-refractivity contribution is -0.103.